The van der Waals surface area contributed by atoms with Crippen LogP contribution >= 0.6 is 46.1 Å². The molecule has 1 rings (SSSR count). The molecule has 0 fully saturated rings. The van der Waals surface area contributed by atoms with Gasteiger partial charge in [0, 0.05) is 11.4 Å². The number of halogens is 3. The third kappa shape index (κ3) is 4.58. The first-order valence-corrected chi connectivity index (χ1v) is 8.33. The Balaban J connectivity index is 2.86. The summed E-state index contributed by atoms with van der Waals surface area (Å²) < 4.78 is 26.9. The first-order valence-electron chi connectivity index (χ1n) is 4.83. The van der Waals surface area contributed by atoms with Gasteiger partial charge in [-0.05, 0) is 26.3 Å². The number of hydrogen-bond acceptors (Lipinski definition) is 3. The van der Waals surface area contributed by atoms with Crippen molar-refractivity contribution in [3.63, 3.8) is 0 Å². The summed E-state index contributed by atoms with van der Waals surface area (Å²) in [5.74, 6) is 0. The summed E-state index contributed by atoms with van der Waals surface area (Å²) in [5, 5.41) is -0.103. The van der Waals surface area contributed by atoms with Crippen LogP contribution in [0.25, 0.3) is 0 Å². The Bertz CT molecular complexity index is 484. The number of nitrogens with one attached hydrogen (secondary N) is 1. The van der Waals surface area contributed by atoms with Crippen LogP contribution in [-0.4, -0.2) is 19.8 Å². The zero-order valence-corrected chi connectivity index (χ0v) is 13.1. The normalized spacial score (nSPS) is 15.8. The van der Waals surface area contributed by atoms with E-state index in [1.54, 1.807) is 13.8 Å². The van der Waals surface area contributed by atoms with Crippen LogP contribution < -0.4 is 4.72 Å². The van der Waals surface area contributed by atoms with Gasteiger partial charge in [-0.3, -0.25) is 0 Å². The summed E-state index contributed by atoms with van der Waals surface area (Å²) in [6.45, 7) is 3.55. The van der Waals surface area contributed by atoms with E-state index in [2.05, 4.69) is 4.72 Å². The van der Waals surface area contributed by atoms with Crippen molar-refractivity contribution in [2.45, 2.75) is 36.6 Å². The third-order valence-corrected chi connectivity index (χ3v) is 5.47. The molecular formula is C9H12Cl3NO2S2. The van der Waals surface area contributed by atoms with Crippen molar-refractivity contribution in [2.75, 3.05) is 0 Å². The van der Waals surface area contributed by atoms with Crippen molar-refractivity contribution in [3.8, 4) is 0 Å². The van der Waals surface area contributed by atoms with Crippen molar-refractivity contribution >= 4 is 56.2 Å². The zero-order valence-electron chi connectivity index (χ0n) is 9.21. The number of thiophene rings is 1. The second-order valence-corrected chi connectivity index (χ2v) is 8.44. The summed E-state index contributed by atoms with van der Waals surface area (Å²) in [6.07, 6.45) is 0.538. The van der Waals surface area contributed by atoms with E-state index in [1.165, 1.54) is 6.07 Å². The molecule has 1 heterocycles. The standard InChI is InChI=1S/C9H12Cl3NO2S2/c1-5(10)3-6(2)13-17(14,15)7-4-8(11)16-9(7)12/h4-6,13H,3H2,1-2H3. The lowest BCUT2D eigenvalue weighted by Gasteiger charge is -2.14. The van der Waals surface area contributed by atoms with Gasteiger partial charge in [0.2, 0.25) is 10.0 Å². The number of sulfonamides is 1. The lowest BCUT2D eigenvalue weighted by atomic mass is 10.2. The van der Waals surface area contributed by atoms with Crippen LogP contribution in [0.15, 0.2) is 11.0 Å². The van der Waals surface area contributed by atoms with Crippen molar-refractivity contribution in [1.29, 1.82) is 0 Å². The van der Waals surface area contributed by atoms with Crippen LogP contribution in [0.5, 0.6) is 0 Å². The van der Waals surface area contributed by atoms with E-state index < -0.39 is 10.0 Å². The van der Waals surface area contributed by atoms with E-state index in [-0.39, 0.29) is 20.7 Å². The number of rotatable bonds is 5. The van der Waals surface area contributed by atoms with Gasteiger partial charge in [0.25, 0.3) is 0 Å². The lowest BCUT2D eigenvalue weighted by molar-refractivity contribution is 0.546. The molecule has 0 saturated carbocycles. The molecule has 0 aromatic carbocycles. The summed E-state index contributed by atoms with van der Waals surface area (Å²) >= 11 is 18.3. The van der Waals surface area contributed by atoms with Crippen LogP contribution in [-0.2, 0) is 10.0 Å². The number of alkyl halides is 1. The van der Waals surface area contributed by atoms with E-state index >= 15 is 0 Å². The fourth-order valence-corrected chi connectivity index (χ4v) is 5.05. The summed E-state index contributed by atoms with van der Waals surface area (Å²) in [7, 11) is -3.63. The molecule has 0 bridgehead atoms. The molecule has 1 N–H and O–H groups in total. The summed E-state index contributed by atoms with van der Waals surface area (Å²) in [5.41, 5.74) is 0. The Morgan fingerprint density at radius 2 is 2.00 bits per heavy atom. The molecule has 0 radical (unpaired) electrons. The minimum Gasteiger partial charge on any atom is -0.208 e. The fraction of sp³-hybridized carbons (Fsp3) is 0.556. The average Bonchev–Trinajstić information content (AvgIpc) is 2.42. The molecule has 2 unspecified atom stereocenters. The second kappa shape index (κ2) is 6.08. The minimum atomic E-state index is -3.63. The van der Waals surface area contributed by atoms with Gasteiger partial charge in [-0.25, -0.2) is 13.1 Å². The largest absolute Gasteiger partial charge is 0.243 e. The summed E-state index contributed by atoms with van der Waals surface area (Å²) in [4.78, 5) is 0.0169. The highest BCUT2D eigenvalue weighted by Gasteiger charge is 2.23. The van der Waals surface area contributed by atoms with Gasteiger partial charge in [0.15, 0.2) is 0 Å². The van der Waals surface area contributed by atoms with E-state index in [0.717, 1.165) is 11.3 Å². The maximum atomic E-state index is 12.0. The molecule has 0 spiro atoms. The minimum absolute atomic E-state index is 0.0169. The third-order valence-electron chi connectivity index (χ3n) is 1.95. The van der Waals surface area contributed by atoms with Crippen molar-refractivity contribution in [1.82, 2.24) is 4.72 Å². The Kier molecular flexibility index (Phi) is 5.56. The topological polar surface area (TPSA) is 46.2 Å². The van der Waals surface area contributed by atoms with Gasteiger partial charge in [0.05, 0.1) is 4.34 Å². The highest BCUT2D eigenvalue weighted by molar-refractivity contribution is 7.89. The molecule has 17 heavy (non-hydrogen) atoms. The molecule has 0 amide bonds. The van der Waals surface area contributed by atoms with Crippen LogP contribution in [0, 0.1) is 0 Å². The molecule has 0 aliphatic rings. The fourth-order valence-electron chi connectivity index (χ4n) is 1.37. The predicted molar refractivity (Wildman–Crippen MR) is 74.1 cm³/mol. The van der Waals surface area contributed by atoms with Crippen LogP contribution in [0.4, 0.5) is 0 Å². The quantitative estimate of drug-likeness (QED) is 0.833. The van der Waals surface area contributed by atoms with Gasteiger partial charge < -0.3 is 0 Å². The molecule has 98 valence electrons. The average molecular weight is 337 g/mol. The molecule has 1 aromatic heterocycles. The Morgan fingerprint density at radius 1 is 1.41 bits per heavy atom. The Hall–Kier alpha value is 0.480. The van der Waals surface area contributed by atoms with Gasteiger partial charge >= 0.3 is 0 Å². The smallest absolute Gasteiger partial charge is 0.208 e. The first-order chi connectivity index (χ1) is 7.72. The van der Waals surface area contributed by atoms with Crippen LogP contribution in [0.1, 0.15) is 20.3 Å². The van der Waals surface area contributed by atoms with Gasteiger partial charge in [-0.2, -0.15) is 0 Å². The van der Waals surface area contributed by atoms with Crippen molar-refractivity contribution in [3.05, 3.63) is 14.7 Å². The molecule has 0 aliphatic heterocycles. The van der Waals surface area contributed by atoms with E-state index in [0.29, 0.717) is 10.8 Å². The summed E-state index contributed by atoms with van der Waals surface area (Å²) in [6, 6.07) is 1.08. The van der Waals surface area contributed by atoms with E-state index in [9.17, 15) is 8.42 Å². The maximum Gasteiger partial charge on any atom is 0.243 e. The van der Waals surface area contributed by atoms with Crippen molar-refractivity contribution < 1.29 is 8.42 Å². The highest BCUT2D eigenvalue weighted by Crippen LogP contribution is 2.34. The van der Waals surface area contributed by atoms with Crippen LogP contribution in [0.2, 0.25) is 8.67 Å². The predicted octanol–water partition coefficient (Wildman–Crippen LogP) is 3.74. The SMILES string of the molecule is CC(Cl)CC(C)NS(=O)(=O)c1cc(Cl)sc1Cl. The zero-order chi connectivity index (χ0) is 13.2. The monoisotopic (exact) mass is 335 g/mol. The van der Waals surface area contributed by atoms with Gasteiger partial charge in [-0.1, -0.05) is 23.2 Å². The van der Waals surface area contributed by atoms with E-state index in [4.69, 9.17) is 34.8 Å². The molecule has 0 saturated heterocycles. The highest BCUT2D eigenvalue weighted by atomic mass is 35.5. The molecule has 2 atom stereocenters. The van der Waals surface area contributed by atoms with Gasteiger partial charge in [-0.15, -0.1) is 22.9 Å². The first kappa shape index (κ1) is 15.5. The second-order valence-electron chi connectivity index (χ2n) is 3.73. The Morgan fingerprint density at radius 3 is 2.41 bits per heavy atom. The molecular weight excluding hydrogens is 325 g/mol. The van der Waals surface area contributed by atoms with Crippen LogP contribution in [0.3, 0.4) is 0 Å². The van der Waals surface area contributed by atoms with Gasteiger partial charge in [0.1, 0.15) is 9.23 Å². The van der Waals surface area contributed by atoms with E-state index in [1.807, 2.05) is 0 Å². The lowest BCUT2D eigenvalue weighted by Crippen LogP contribution is -2.33. The maximum absolute atomic E-state index is 12.0. The van der Waals surface area contributed by atoms with Crippen molar-refractivity contribution in [2.24, 2.45) is 0 Å². The molecule has 8 heteroatoms. The molecule has 3 nitrogen and oxygen atoms in total. The Labute approximate surface area is 120 Å². The molecule has 1 aromatic rings. The molecule has 0 aliphatic carbocycles. The number of hydrogen-bond donors (Lipinski definition) is 1.